The smallest absolute Gasteiger partial charge is 0.315 e. The Hall–Kier alpha value is -1.67. The molecule has 2 aliphatic rings. The number of amides is 2. The first-order valence-electron chi connectivity index (χ1n) is 8.43. The Morgan fingerprint density at radius 1 is 1.26 bits per heavy atom. The zero-order chi connectivity index (χ0) is 16.1. The molecule has 1 aliphatic heterocycles. The first-order chi connectivity index (χ1) is 11.3. The van der Waals surface area contributed by atoms with Crippen LogP contribution in [0.3, 0.4) is 0 Å². The molecule has 3 rings (SSSR count). The molecule has 0 bridgehead atoms. The van der Waals surface area contributed by atoms with Gasteiger partial charge in [0.15, 0.2) is 0 Å². The summed E-state index contributed by atoms with van der Waals surface area (Å²) in [7, 11) is 0. The highest BCUT2D eigenvalue weighted by Crippen LogP contribution is 2.39. The van der Waals surface area contributed by atoms with Gasteiger partial charge in [-0.25, -0.2) is 4.79 Å². The van der Waals surface area contributed by atoms with E-state index in [-0.39, 0.29) is 18.8 Å². The van der Waals surface area contributed by atoms with E-state index < -0.39 is 0 Å². The molecule has 2 heterocycles. The lowest BCUT2D eigenvalue weighted by atomic mass is 10.1. The summed E-state index contributed by atoms with van der Waals surface area (Å²) < 4.78 is 7.06. The van der Waals surface area contributed by atoms with Gasteiger partial charge >= 0.3 is 6.03 Å². The Morgan fingerprint density at radius 3 is 2.74 bits per heavy atom. The summed E-state index contributed by atoms with van der Waals surface area (Å²) in [5.74, 6) is 2.15. The van der Waals surface area contributed by atoms with Crippen LogP contribution in [-0.4, -0.2) is 51.7 Å². The molecule has 23 heavy (non-hydrogen) atoms. The van der Waals surface area contributed by atoms with E-state index in [2.05, 4.69) is 20.8 Å². The van der Waals surface area contributed by atoms with E-state index in [0.717, 1.165) is 43.8 Å². The summed E-state index contributed by atoms with van der Waals surface area (Å²) in [6, 6.07) is 0.0848. The zero-order valence-corrected chi connectivity index (χ0v) is 13.3. The lowest BCUT2D eigenvalue weighted by Gasteiger charge is -2.23. The molecule has 1 saturated heterocycles. The van der Waals surface area contributed by atoms with Gasteiger partial charge in [0.25, 0.3) is 0 Å². The van der Waals surface area contributed by atoms with Crippen molar-refractivity contribution < 1.29 is 14.6 Å². The molecule has 0 atom stereocenters. The Kier molecular flexibility index (Phi) is 5.45. The van der Waals surface area contributed by atoms with Crippen LogP contribution in [0.5, 0.6) is 0 Å². The van der Waals surface area contributed by atoms with Crippen LogP contribution >= 0.6 is 0 Å². The van der Waals surface area contributed by atoms with Crippen LogP contribution in [0, 0.1) is 0 Å². The second-order valence-electron chi connectivity index (χ2n) is 6.21. The number of aliphatic hydroxyl groups is 1. The molecule has 0 radical (unpaired) electrons. The Balaban J connectivity index is 1.37. The van der Waals surface area contributed by atoms with Crippen LogP contribution in [0.25, 0.3) is 0 Å². The number of carbonyl (C=O) groups is 1. The molecule has 1 aromatic heterocycles. The lowest BCUT2D eigenvalue weighted by molar-refractivity contribution is 0.0801. The summed E-state index contributed by atoms with van der Waals surface area (Å²) in [4.78, 5) is 11.8. The van der Waals surface area contributed by atoms with Gasteiger partial charge in [0, 0.05) is 38.1 Å². The van der Waals surface area contributed by atoms with Gasteiger partial charge in [0.05, 0.1) is 0 Å². The normalized spacial score (nSPS) is 18.8. The molecular formula is C15H25N5O3. The third-order valence-corrected chi connectivity index (χ3v) is 4.36. The van der Waals surface area contributed by atoms with Crippen molar-refractivity contribution in [2.45, 2.75) is 57.2 Å². The van der Waals surface area contributed by atoms with E-state index in [4.69, 9.17) is 4.74 Å². The van der Waals surface area contributed by atoms with Crippen molar-refractivity contribution in [1.29, 1.82) is 0 Å². The van der Waals surface area contributed by atoms with Gasteiger partial charge < -0.3 is 20.5 Å². The maximum absolute atomic E-state index is 11.8. The third kappa shape index (κ3) is 4.42. The maximum Gasteiger partial charge on any atom is 0.315 e. The molecule has 0 unspecified atom stereocenters. The van der Waals surface area contributed by atoms with Crippen molar-refractivity contribution in [2.24, 2.45) is 0 Å². The van der Waals surface area contributed by atoms with E-state index in [1.165, 1.54) is 0 Å². The molecule has 3 N–H and O–H groups in total. The summed E-state index contributed by atoms with van der Waals surface area (Å²) in [5.41, 5.74) is 0. The first kappa shape index (κ1) is 16.2. The van der Waals surface area contributed by atoms with Gasteiger partial charge in [-0.1, -0.05) is 0 Å². The SMILES string of the molecule is O=C(NCCCc1nnc(C2CC2)n1CO)NC1CCOCC1. The molecule has 2 amide bonds. The van der Waals surface area contributed by atoms with Crippen molar-refractivity contribution >= 4 is 6.03 Å². The van der Waals surface area contributed by atoms with Crippen molar-refractivity contribution in [2.75, 3.05) is 19.8 Å². The molecular weight excluding hydrogens is 298 g/mol. The average molecular weight is 323 g/mol. The number of carbonyl (C=O) groups excluding carboxylic acids is 1. The molecule has 8 heteroatoms. The van der Waals surface area contributed by atoms with E-state index in [0.29, 0.717) is 32.1 Å². The summed E-state index contributed by atoms with van der Waals surface area (Å²) in [5, 5.41) is 23.7. The molecule has 1 saturated carbocycles. The molecule has 1 aromatic rings. The summed E-state index contributed by atoms with van der Waals surface area (Å²) >= 11 is 0. The average Bonchev–Trinajstić information content (AvgIpc) is 3.33. The predicted molar refractivity (Wildman–Crippen MR) is 82.9 cm³/mol. The second-order valence-corrected chi connectivity index (χ2v) is 6.21. The van der Waals surface area contributed by atoms with Crippen LogP contribution in [0.4, 0.5) is 4.79 Å². The molecule has 1 aliphatic carbocycles. The number of rotatable bonds is 7. The highest BCUT2D eigenvalue weighted by molar-refractivity contribution is 5.74. The van der Waals surface area contributed by atoms with E-state index in [1.807, 2.05) is 0 Å². The third-order valence-electron chi connectivity index (χ3n) is 4.36. The lowest BCUT2D eigenvalue weighted by Crippen LogP contribution is -2.44. The minimum atomic E-state index is -0.126. The number of nitrogens with zero attached hydrogens (tertiary/aromatic N) is 3. The van der Waals surface area contributed by atoms with Gasteiger partial charge in [-0.15, -0.1) is 10.2 Å². The van der Waals surface area contributed by atoms with Crippen molar-refractivity contribution in [3.8, 4) is 0 Å². The maximum atomic E-state index is 11.8. The molecule has 0 spiro atoms. The second kappa shape index (κ2) is 7.74. The topological polar surface area (TPSA) is 101 Å². The highest BCUT2D eigenvalue weighted by Gasteiger charge is 2.29. The quantitative estimate of drug-likeness (QED) is 0.635. The van der Waals surface area contributed by atoms with Crippen LogP contribution in [0.2, 0.25) is 0 Å². The number of urea groups is 1. The van der Waals surface area contributed by atoms with E-state index >= 15 is 0 Å². The monoisotopic (exact) mass is 323 g/mol. The van der Waals surface area contributed by atoms with Gasteiger partial charge in [0.2, 0.25) is 0 Å². The Bertz CT molecular complexity index is 523. The Labute approximate surface area is 135 Å². The number of aliphatic hydroxyl groups excluding tert-OH is 1. The van der Waals surface area contributed by atoms with Crippen molar-refractivity contribution in [1.82, 2.24) is 25.4 Å². The fourth-order valence-corrected chi connectivity index (χ4v) is 2.86. The molecule has 2 fully saturated rings. The van der Waals surface area contributed by atoms with Crippen LogP contribution in [0.1, 0.15) is 49.7 Å². The van der Waals surface area contributed by atoms with Gasteiger partial charge in [-0.2, -0.15) is 0 Å². The number of aromatic nitrogens is 3. The number of hydrogen-bond acceptors (Lipinski definition) is 5. The standard InChI is InChI=1S/C15H25N5O3/c21-10-20-13(18-19-14(20)11-3-4-11)2-1-7-16-15(22)17-12-5-8-23-9-6-12/h11-12,21H,1-10H2,(H2,16,17,22). The van der Waals surface area contributed by atoms with Gasteiger partial charge in [-0.3, -0.25) is 4.57 Å². The number of aryl methyl sites for hydroxylation is 1. The molecule has 128 valence electrons. The largest absolute Gasteiger partial charge is 0.381 e. The summed E-state index contributed by atoms with van der Waals surface area (Å²) in [6.07, 6.45) is 5.47. The number of ether oxygens (including phenoxy) is 1. The number of hydrogen-bond donors (Lipinski definition) is 3. The van der Waals surface area contributed by atoms with Gasteiger partial charge in [-0.05, 0) is 32.1 Å². The van der Waals surface area contributed by atoms with Crippen molar-refractivity contribution in [3.05, 3.63) is 11.6 Å². The molecule has 0 aromatic carbocycles. The van der Waals surface area contributed by atoms with E-state index in [1.54, 1.807) is 4.57 Å². The fraction of sp³-hybridized carbons (Fsp3) is 0.800. The fourth-order valence-electron chi connectivity index (χ4n) is 2.86. The van der Waals surface area contributed by atoms with Crippen LogP contribution < -0.4 is 10.6 Å². The molecule has 8 nitrogen and oxygen atoms in total. The van der Waals surface area contributed by atoms with E-state index in [9.17, 15) is 9.90 Å². The minimum absolute atomic E-state index is 0.0775. The van der Waals surface area contributed by atoms with Gasteiger partial charge in [0.1, 0.15) is 18.4 Å². The Morgan fingerprint density at radius 2 is 2.04 bits per heavy atom. The number of nitrogens with one attached hydrogen (secondary N) is 2. The zero-order valence-electron chi connectivity index (χ0n) is 13.3. The predicted octanol–water partition coefficient (Wildman–Crippen LogP) is 0.516. The van der Waals surface area contributed by atoms with Crippen LogP contribution in [0.15, 0.2) is 0 Å². The first-order valence-corrected chi connectivity index (χ1v) is 8.43. The van der Waals surface area contributed by atoms with Crippen LogP contribution in [-0.2, 0) is 17.9 Å². The minimum Gasteiger partial charge on any atom is -0.381 e. The highest BCUT2D eigenvalue weighted by atomic mass is 16.5. The van der Waals surface area contributed by atoms with Crippen molar-refractivity contribution in [3.63, 3.8) is 0 Å². The summed E-state index contributed by atoms with van der Waals surface area (Å²) in [6.45, 7) is 1.92.